The summed E-state index contributed by atoms with van der Waals surface area (Å²) in [5, 5.41) is 6.97. The molecule has 0 saturated carbocycles. The Morgan fingerprint density at radius 3 is 2.70 bits per heavy atom. The van der Waals surface area contributed by atoms with E-state index in [9.17, 15) is 9.59 Å². The summed E-state index contributed by atoms with van der Waals surface area (Å²) in [6.07, 6.45) is 0. The Hall–Kier alpha value is -1.52. The second-order valence-electron chi connectivity index (χ2n) is 1.72. The summed E-state index contributed by atoms with van der Waals surface area (Å²) >= 11 is 0. The highest BCUT2D eigenvalue weighted by atomic mass is 16.1. The van der Waals surface area contributed by atoms with Gasteiger partial charge in [0.2, 0.25) is 5.91 Å². The second-order valence-corrected chi connectivity index (χ2v) is 1.72. The highest BCUT2D eigenvalue weighted by molar-refractivity contribution is 5.92. The van der Waals surface area contributed by atoms with Gasteiger partial charge in [0.15, 0.2) is 0 Å². The smallest absolute Gasteiger partial charge is 0.266 e. The molecule has 0 unspecified atom stereocenters. The van der Waals surface area contributed by atoms with Gasteiger partial charge in [0.1, 0.15) is 5.82 Å². The summed E-state index contributed by atoms with van der Waals surface area (Å²) < 4.78 is 0. The van der Waals surface area contributed by atoms with Gasteiger partial charge in [-0.25, -0.2) is 0 Å². The lowest BCUT2D eigenvalue weighted by Crippen LogP contribution is -2.06. The van der Waals surface area contributed by atoms with Crippen molar-refractivity contribution in [1.29, 1.82) is 0 Å². The lowest BCUT2D eigenvalue weighted by molar-refractivity contribution is -0.112. The molecule has 1 rings (SSSR count). The molecule has 10 heavy (non-hydrogen) atoms. The SMILES string of the molecule is [CH2]C(=O)Nc1cc(=O)[nH][nH]1. The first-order valence-electron chi connectivity index (χ1n) is 2.59. The van der Waals surface area contributed by atoms with Crippen LogP contribution in [0.15, 0.2) is 10.9 Å². The van der Waals surface area contributed by atoms with Gasteiger partial charge in [0.05, 0.1) is 0 Å². The lowest BCUT2D eigenvalue weighted by atomic mass is 10.6. The van der Waals surface area contributed by atoms with Crippen molar-refractivity contribution in [2.45, 2.75) is 0 Å². The van der Waals surface area contributed by atoms with Gasteiger partial charge in [-0.3, -0.25) is 19.8 Å². The monoisotopic (exact) mass is 140 g/mol. The van der Waals surface area contributed by atoms with Gasteiger partial charge in [-0.1, -0.05) is 0 Å². The van der Waals surface area contributed by atoms with Crippen molar-refractivity contribution < 1.29 is 4.79 Å². The van der Waals surface area contributed by atoms with E-state index in [1.165, 1.54) is 6.07 Å². The predicted octanol–water partition coefficient (Wildman–Crippen LogP) is -0.524. The molecule has 0 bridgehead atoms. The molecule has 1 heterocycles. The summed E-state index contributed by atoms with van der Waals surface area (Å²) in [5.41, 5.74) is -0.288. The zero-order valence-corrected chi connectivity index (χ0v) is 5.10. The van der Waals surface area contributed by atoms with Crippen LogP contribution in [0.5, 0.6) is 0 Å². The zero-order chi connectivity index (χ0) is 7.56. The summed E-state index contributed by atoms with van der Waals surface area (Å²) in [6.45, 7) is 3.06. The Kier molecular flexibility index (Phi) is 1.57. The lowest BCUT2D eigenvalue weighted by Gasteiger charge is -1.92. The van der Waals surface area contributed by atoms with Crippen molar-refractivity contribution in [1.82, 2.24) is 10.2 Å². The van der Waals surface area contributed by atoms with Crippen molar-refractivity contribution >= 4 is 11.7 Å². The quantitative estimate of drug-likeness (QED) is 0.490. The van der Waals surface area contributed by atoms with Gasteiger partial charge in [0.25, 0.3) is 5.56 Å². The van der Waals surface area contributed by atoms with Crippen LogP contribution >= 0.6 is 0 Å². The molecule has 0 atom stereocenters. The van der Waals surface area contributed by atoms with E-state index in [-0.39, 0.29) is 5.56 Å². The summed E-state index contributed by atoms with van der Waals surface area (Å²) in [4.78, 5) is 20.7. The number of rotatable bonds is 1. The number of hydrogen-bond donors (Lipinski definition) is 3. The number of carbonyl (C=O) groups excluding carboxylic acids is 1. The standard InChI is InChI=1S/C5H6N3O2/c1-3(9)6-4-2-5(10)8-7-4/h2H,1H2,(H3,6,7,8,9,10). The molecule has 0 fully saturated rings. The third-order valence-corrected chi connectivity index (χ3v) is 0.870. The molecule has 5 nitrogen and oxygen atoms in total. The molecular weight excluding hydrogens is 134 g/mol. The third-order valence-electron chi connectivity index (χ3n) is 0.870. The third kappa shape index (κ3) is 1.48. The molecule has 1 aromatic heterocycles. The van der Waals surface area contributed by atoms with Crippen LogP contribution in [0.2, 0.25) is 0 Å². The van der Waals surface area contributed by atoms with Crippen LogP contribution in [0.25, 0.3) is 0 Å². The predicted molar refractivity (Wildman–Crippen MR) is 35.4 cm³/mol. The molecule has 1 radical (unpaired) electrons. The zero-order valence-electron chi connectivity index (χ0n) is 5.10. The van der Waals surface area contributed by atoms with Crippen LogP contribution in [-0.2, 0) is 4.79 Å². The van der Waals surface area contributed by atoms with Gasteiger partial charge in [-0.2, -0.15) is 0 Å². The first-order chi connectivity index (χ1) is 4.68. The van der Waals surface area contributed by atoms with Crippen LogP contribution < -0.4 is 10.9 Å². The Morgan fingerprint density at radius 1 is 1.60 bits per heavy atom. The number of anilines is 1. The number of nitrogens with one attached hydrogen (secondary N) is 3. The molecule has 0 saturated heterocycles. The Balaban J connectivity index is 2.76. The Labute approximate surface area is 56.4 Å². The number of amides is 1. The average molecular weight is 140 g/mol. The van der Waals surface area contributed by atoms with Crippen LogP contribution in [0.4, 0.5) is 5.82 Å². The summed E-state index contributed by atoms with van der Waals surface area (Å²) in [5.74, 6) is -0.139. The number of carbonyl (C=O) groups is 1. The molecular formula is C5H6N3O2. The maximum atomic E-state index is 10.4. The van der Waals surface area contributed by atoms with E-state index >= 15 is 0 Å². The fourth-order valence-corrected chi connectivity index (χ4v) is 0.550. The molecule has 5 heteroatoms. The highest BCUT2D eigenvalue weighted by Crippen LogP contribution is 1.92. The fraction of sp³-hybridized carbons (Fsp3) is 0. The topological polar surface area (TPSA) is 77.8 Å². The first kappa shape index (κ1) is 6.60. The van der Waals surface area contributed by atoms with E-state index < -0.39 is 5.91 Å². The van der Waals surface area contributed by atoms with Crippen LogP contribution in [0.1, 0.15) is 0 Å². The minimum absolute atomic E-state index is 0.288. The van der Waals surface area contributed by atoms with E-state index in [1.807, 2.05) is 0 Å². The molecule has 0 aliphatic rings. The number of hydrogen-bond acceptors (Lipinski definition) is 2. The Bertz CT molecular complexity index is 285. The average Bonchev–Trinajstić information content (AvgIpc) is 2.13. The van der Waals surface area contributed by atoms with E-state index in [0.29, 0.717) is 5.82 Å². The van der Waals surface area contributed by atoms with E-state index in [2.05, 4.69) is 22.4 Å². The minimum atomic E-state index is -0.463. The normalized spacial score (nSPS) is 9.30. The molecule has 1 aromatic rings. The molecule has 0 aliphatic carbocycles. The molecule has 53 valence electrons. The molecule has 0 aromatic carbocycles. The van der Waals surface area contributed by atoms with E-state index in [4.69, 9.17) is 0 Å². The van der Waals surface area contributed by atoms with Crippen LogP contribution in [0, 0.1) is 6.92 Å². The number of aromatic nitrogens is 2. The molecule has 3 N–H and O–H groups in total. The van der Waals surface area contributed by atoms with Gasteiger partial charge in [-0.05, 0) is 0 Å². The highest BCUT2D eigenvalue weighted by Gasteiger charge is 1.95. The minimum Gasteiger partial charge on any atom is -0.311 e. The van der Waals surface area contributed by atoms with E-state index in [0.717, 1.165) is 0 Å². The fourth-order valence-electron chi connectivity index (χ4n) is 0.550. The van der Waals surface area contributed by atoms with Gasteiger partial charge >= 0.3 is 0 Å². The van der Waals surface area contributed by atoms with Crippen LogP contribution in [-0.4, -0.2) is 16.1 Å². The van der Waals surface area contributed by atoms with Crippen LogP contribution in [0.3, 0.4) is 0 Å². The number of H-pyrrole nitrogens is 2. The van der Waals surface area contributed by atoms with Crippen molar-refractivity contribution in [2.24, 2.45) is 0 Å². The Morgan fingerprint density at radius 2 is 2.30 bits per heavy atom. The molecule has 0 spiro atoms. The van der Waals surface area contributed by atoms with Gasteiger partial charge in [-0.15, -0.1) is 0 Å². The van der Waals surface area contributed by atoms with Crippen molar-refractivity contribution in [2.75, 3.05) is 5.32 Å². The largest absolute Gasteiger partial charge is 0.311 e. The summed E-state index contributed by atoms with van der Waals surface area (Å²) in [7, 11) is 0. The molecule has 0 aliphatic heterocycles. The van der Waals surface area contributed by atoms with Crippen molar-refractivity contribution in [3.8, 4) is 0 Å². The number of aromatic amines is 2. The molecule has 1 amide bonds. The van der Waals surface area contributed by atoms with Gasteiger partial charge in [0, 0.05) is 13.0 Å². The van der Waals surface area contributed by atoms with E-state index in [1.54, 1.807) is 0 Å². The maximum absolute atomic E-state index is 10.4. The second kappa shape index (κ2) is 2.38. The first-order valence-corrected chi connectivity index (χ1v) is 2.59. The summed E-state index contributed by atoms with van der Waals surface area (Å²) in [6, 6.07) is 1.23. The van der Waals surface area contributed by atoms with Crippen molar-refractivity contribution in [3.63, 3.8) is 0 Å². The van der Waals surface area contributed by atoms with Crippen molar-refractivity contribution in [3.05, 3.63) is 23.3 Å². The maximum Gasteiger partial charge on any atom is 0.266 e. The van der Waals surface area contributed by atoms with Gasteiger partial charge < -0.3 is 5.32 Å².